The number of hydrogen-bond acceptors (Lipinski definition) is 9. The maximum Gasteiger partial charge on any atom is 0.270 e. The zero-order valence-electron chi connectivity index (χ0n) is 25.5. The maximum absolute atomic E-state index is 12.8. The lowest BCUT2D eigenvalue weighted by Crippen LogP contribution is -2.29. The van der Waals surface area contributed by atoms with E-state index in [0.29, 0.717) is 37.3 Å². The van der Waals surface area contributed by atoms with Crippen LogP contribution < -0.4 is 20.7 Å². The molecule has 4 heterocycles. The van der Waals surface area contributed by atoms with Crippen molar-refractivity contribution in [2.75, 3.05) is 32.4 Å². The normalized spacial score (nSPS) is 13.7. The number of nitrogens with one attached hydrogen (secondary N) is 3. The summed E-state index contributed by atoms with van der Waals surface area (Å²) in [4.78, 5) is 22.3. The number of amides is 1. The Morgan fingerprint density at radius 2 is 1.98 bits per heavy atom. The van der Waals surface area contributed by atoms with E-state index in [0.717, 1.165) is 82.8 Å². The zero-order valence-corrected chi connectivity index (χ0v) is 27.1. The molecule has 1 aliphatic rings. The number of aryl methyl sites for hydroxylation is 2. The average Bonchev–Trinajstić information content (AvgIpc) is 3.47. The van der Waals surface area contributed by atoms with Crippen LogP contribution in [0.1, 0.15) is 59.7 Å². The summed E-state index contributed by atoms with van der Waals surface area (Å²) in [6, 6.07) is 11.4. The Kier molecular flexibility index (Phi) is 11.2. The fraction of sp³-hybridized carbons (Fsp3) is 0.438. The van der Waals surface area contributed by atoms with Gasteiger partial charge in [-0.15, -0.1) is 0 Å². The smallest absolute Gasteiger partial charge is 0.270 e. The largest absolute Gasteiger partial charge is 0.496 e. The van der Waals surface area contributed by atoms with E-state index in [4.69, 9.17) is 19.2 Å². The number of halogens is 1. The zero-order chi connectivity index (χ0) is 30.9. The topological polar surface area (TPSA) is 124 Å². The molecule has 0 aliphatic carbocycles. The van der Waals surface area contributed by atoms with Gasteiger partial charge in [-0.1, -0.05) is 19.1 Å². The lowest BCUT2D eigenvalue weighted by atomic mass is 10.0. The molecule has 234 valence electrons. The number of fused-ring (bicyclic) bond motifs is 1. The van der Waals surface area contributed by atoms with Crippen molar-refractivity contribution < 1.29 is 19.0 Å². The van der Waals surface area contributed by atoms with Gasteiger partial charge in [-0.3, -0.25) is 10.1 Å². The predicted molar refractivity (Wildman–Crippen MR) is 173 cm³/mol. The van der Waals surface area contributed by atoms with E-state index in [1.54, 1.807) is 13.2 Å². The molecule has 0 spiro atoms. The summed E-state index contributed by atoms with van der Waals surface area (Å²) in [5.41, 5.74) is 6.14. The van der Waals surface area contributed by atoms with E-state index < -0.39 is 0 Å². The van der Waals surface area contributed by atoms with Gasteiger partial charge in [-0.25, -0.2) is 14.6 Å². The number of carbonyl (C=O) groups is 1. The van der Waals surface area contributed by atoms with Crippen molar-refractivity contribution in [3.05, 3.63) is 75.3 Å². The summed E-state index contributed by atoms with van der Waals surface area (Å²) in [5, 5.41) is 15.8. The minimum Gasteiger partial charge on any atom is -0.496 e. The summed E-state index contributed by atoms with van der Waals surface area (Å²) >= 11 is 3.48. The highest BCUT2D eigenvalue weighted by molar-refractivity contribution is 9.10. The number of pyridine rings is 2. The standard InChI is InChI=1S/C32H40BrN7O4/c1-4-27-24(30(38-22-11-13-43-14-12-22)25-18-36-40(5-2)31(25)39-27)17-34-20-44-19-23-7-6-8-28(37-23)32(41)35-16-21-9-10-29(42-3)26(33)15-21/h6-10,15,18,22,34H,4-5,11-14,16-17,19-20H2,1-3H3,(H,35,41)(H,38,39). The van der Waals surface area contributed by atoms with Gasteiger partial charge in [0, 0.05) is 50.1 Å². The molecule has 0 unspecified atom stereocenters. The summed E-state index contributed by atoms with van der Waals surface area (Å²) in [6.07, 6.45) is 4.65. The van der Waals surface area contributed by atoms with Gasteiger partial charge in [0.1, 0.15) is 11.4 Å². The summed E-state index contributed by atoms with van der Waals surface area (Å²) in [7, 11) is 1.62. The minimum atomic E-state index is -0.247. The molecule has 3 aromatic heterocycles. The third-order valence-corrected chi connectivity index (χ3v) is 8.26. The summed E-state index contributed by atoms with van der Waals surface area (Å²) in [6.45, 7) is 8.05. The van der Waals surface area contributed by atoms with Gasteiger partial charge in [0.25, 0.3) is 5.91 Å². The van der Waals surface area contributed by atoms with Gasteiger partial charge in [0.15, 0.2) is 5.65 Å². The third-order valence-electron chi connectivity index (χ3n) is 7.64. The summed E-state index contributed by atoms with van der Waals surface area (Å²) in [5.74, 6) is 0.492. The Hall–Kier alpha value is -3.58. The quantitative estimate of drug-likeness (QED) is 0.127. The Labute approximate surface area is 266 Å². The number of anilines is 1. The highest BCUT2D eigenvalue weighted by Gasteiger charge is 2.21. The van der Waals surface area contributed by atoms with Crippen LogP contribution in [-0.2, 0) is 42.1 Å². The number of hydrogen-bond donors (Lipinski definition) is 3. The van der Waals surface area contributed by atoms with Crippen LogP contribution in [0.15, 0.2) is 47.1 Å². The van der Waals surface area contributed by atoms with E-state index >= 15 is 0 Å². The monoisotopic (exact) mass is 665 g/mol. The van der Waals surface area contributed by atoms with Crippen molar-refractivity contribution in [1.29, 1.82) is 0 Å². The van der Waals surface area contributed by atoms with Crippen LogP contribution in [0.25, 0.3) is 11.0 Å². The molecule has 3 N–H and O–H groups in total. The first-order valence-electron chi connectivity index (χ1n) is 15.1. The van der Waals surface area contributed by atoms with Crippen molar-refractivity contribution in [3.63, 3.8) is 0 Å². The molecule has 5 rings (SSSR count). The van der Waals surface area contributed by atoms with Gasteiger partial charge in [0.2, 0.25) is 0 Å². The molecule has 1 aliphatic heterocycles. The fourth-order valence-electron chi connectivity index (χ4n) is 5.28. The maximum atomic E-state index is 12.8. The fourth-order valence-corrected chi connectivity index (χ4v) is 5.87. The van der Waals surface area contributed by atoms with Crippen LogP contribution in [0, 0.1) is 0 Å². The number of aromatic nitrogens is 4. The highest BCUT2D eigenvalue weighted by Crippen LogP contribution is 2.31. The number of benzene rings is 1. The Balaban J connectivity index is 1.18. The van der Waals surface area contributed by atoms with Crippen molar-refractivity contribution in [1.82, 2.24) is 30.4 Å². The molecule has 1 fully saturated rings. The first kappa shape index (κ1) is 31.8. The van der Waals surface area contributed by atoms with E-state index in [9.17, 15) is 4.79 Å². The van der Waals surface area contributed by atoms with Gasteiger partial charge in [0.05, 0.1) is 47.9 Å². The van der Waals surface area contributed by atoms with Crippen molar-refractivity contribution in [2.24, 2.45) is 0 Å². The lowest BCUT2D eigenvalue weighted by Gasteiger charge is -2.26. The van der Waals surface area contributed by atoms with E-state index in [-0.39, 0.29) is 12.5 Å². The van der Waals surface area contributed by atoms with Gasteiger partial charge >= 0.3 is 0 Å². The first-order chi connectivity index (χ1) is 21.5. The van der Waals surface area contributed by atoms with Gasteiger partial charge < -0.3 is 24.8 Å². The molecule has 1 amide bonds. The highest BCUT2D eigenvalue weighted by atomic mass is 79.9. The van der Waals surface area contributed by atoms with Gasteiger partial charge in [-0.2, -0.15) is 5.10 Å². The van der Waals surface area contributed by atoms with Crippen LogP contribution in [0.2, 0.25) is 0 Å². The molecule has 44 heavy (non-hydrogen) atoms. The minimum absolute atomic E-state index is 0.247. The molecular weight excluding hydrogens is 626 g/mol. The molecule has 0 radical (unpaired) electrons. The molecule has 4 aromatic rings. The molecular formula is C32H40BrN7O4. The molecule has 1 aromatic carbocycles. The van der Waals surface area contributed by atoms with Crippen LogP contribution >= 0.6 is 15.9 Å². The summed E-state index contributed by atoms with van der Waals surface area (Å²) < 4.78 is 19.5. The first-order valence-corrected chi connectivity index (χ1v) is 15.9. The van der Waals surface area contributed by atoms with Crippen LogP contribution in [0.4, 0.5) is 5.69 Å². The van der Waals surface area contributed by atoms with Crippen molar-refractivity contribution in [2.45, 2.75) is 65.4 Å². The molecule has 12 heteroatoms. The molecule has 0 atom stereocenters. The third kappa shape index (κ3) is 7.73. The lowest BCUT2D eigenvalue weighted by molar-refractivity contribution is 0.0904. The Morgan fingerprint density at radius 3 is 2.73 bits per heavy atom. The molecule has 0 bridgehead atoms. The number of carbonyl (C=O) groups excluding carboxylic acids is 1. The second-order valence-electron chi connectivity index (χ2n) is 10.6. The van der Waals surface area contributed by atoms with Crippen LogP contribution in [-0.4, -0.2) is 58.8 Å². The SMILES string of the molecule is CCc1nc2c(cnn2CC)c(NC2CCOCC2)c1CNCOCc1cccc(C(=O)NCc2ccc(OC)c(Br)c2)n1. The van der Waals surface area contributed by atoms with Crippen molar-refractivity contribution in [3.8, 4) is 5.75 Å². The molecule has 0 saturated carbocycles. The Bertz CT molecular complexity index is 1570. The molecule has 1 saturated heterocycles. The van der Waals surface area contributed by atoms with E-state index in [1.165, 1.54) is 0 Å². The van der Waals surface area contributed by atoms with Gasteiger partial charge in [-0.05, 0) is 71.9 Å². The second-order valence-corrected chi connectivity index (χ2v) is 11.4. The van der Waals surface area contributed by atoms with Crippen molar-refractivity contribution >= 4 is 38.6 Å². The second kappa shape index (κ2) is 15.4. The van der Waals surface area contributed by atoms with Crippen LogP contribution in [0.3, 0.4) is 0 Å². The predicted octanol–water partition coefficient (Wildman–Crippen LogP) is 4.96. The van der Waals surface area contributed by atoms with E-state index in [2.05, 4.69) is 55.8 Å². The van der Waals surface area contributed by atoms with E-state index in [1.807, 2.05) is 41.2 Å². The number of nitrogens with zero attached hydrogens (tertiary/aromatic N) is 4. The molecule has 11 nitrogen and oxygen atoms in total. The number of ether oxygens (including phenoxy) is 3. The Morgan fingerprint density at radius 1 is 1.14 bits per heavy atom. The number of methoxy groups -OCH3 is 1. The van der Waals surface area contributed by atoms with Crippen LogP contribution in [0.5, 0.6) is 5.75 Å². The number of rotatable bonds is 14. The average molecular weight is 667 g/mol.